The van der Waals surface area contributed by atoms with Gasteiger partial charge in [0.15, 0.2) is 0 Å². The van der Waals surface area contributed by atoms with Crippen LogP contribution >= 0.6 is 0 Å². The Morgan fingerprint density at radius 3 is 2.75 bits per heavy atom. The van der Waals surface area contributed by atoms with E-state index < -0.39 is 0 Å². The number of nitrogen functional groups attached to an aromatic ring is 1. The molecule has 20 heavy (non-hydrogen) atoms. The van der Waals surface area contributed by atoms with Gasteiger partial charge in [-0.2, -0.15) is 0 Å². The number of hydrogen-bond donors (Lipinski definition) is 1. The maximum atomic E-state index is 14.1. The second kappa shape index (κ2) is 6.23. The van der Waals surface area contributed by atoms with Crippen molar-refractivity contribution in [3.8, 4) is 5.75 Å². The molecule has 0 bridgehead atoms. The van der Waals surface area contributed by atoms with E-state index in [0.717, 1.165) is 5.69 Å². The molecule has 0 spiro atoms. The van der Waals surface area contributed by atoms with Gasteiger partial charge in [-0.25, -0.2) is 4.39 Å². The largest absolute Gasteiger partial charge is 0.495 e. The highest BCUT2D eigenvalue weighted by Crippen LogP contribution is 2.31. The number of aromatic nitrogens is 1. The van der Waals surface area contributed by atoms with Crippen molar-refractivity contribution in [3.63, 3.8) is 0 Å². The highest BCUT2D eigenvalue weighted by molar-refractivity contribution is 5.63. The van der Waals surface area contributed by atoms with Gasteiger partial charge in [0.25, 0.3) is 0 Å². The van der Waals surface area contributed by atoms with Gasteiger partial charge < -0.3 is 15.4 Å². The number of halogens is 1. The monoisotopic (exact) mass is 275 g/mol. The molecule has 0 saturated carbocycles. The molecule has 0 saturated heterocycles. The summed E-state index contributed by atoms with van der Waals surface area (Å²) in [4.78, 5) is 6.15. The minimum absolute atomic E-state index is 0.294. The van der Waals surface area contributed by atoms with Crippen molar-refractivity contribution in [2.24, 2.45) is 0 Å². The van der Waals surface area contributed by atoms with Gasteiger partial charge in [0, 0.05) is 24.9 Å². The van der Waals surface area contributed by atoms with Crippen molar-refractivity contribution in [2.75, 3.05) is 24.3 Å². The van der Waals surface area contributed by atoms with E-state index in [1.165, 1.54) is 13.2 Å². The summed E-state index contributed by atoms with van der Waals surface area (Å²) in [7, 11) is 1.52. The maximum Gasteiger partial charge on any atom is 0.148 e. The fourth-order valence-corrected chi connectivity index (χ4v) is 2.03. The summed E-state index contributed by atoms with van der Waals surface area (Å²) < 4.78 is 19.3. The Morgan fingerprint density at radius 1 is 1.35 bits per heavy atom. The van der Waals surface area contributed by atoms with Gasteiger partial charge in [-0.05, 0) is 19.1 Å². The smallest absolute Gasteiger partial charge is 0.148 e. The molecule has 0 amide bonds. The van der Waals surface area contributed by atoms with E-state index >= 15 is 0 Å². The number of rotatable bonds is 5. The van der Waals surface area contributed by atoms with E-state index in [0.29, 0.717) is 30.2 Å². The molecule has 0 fully saturated rings. The molecule has 4 nitrogen and oxygen atoms in total. The molecule has 0 atom stereocenters. The zero-order valence-corrected chi connectivity index (χ0v) is 11.6. The molecule has 2 N–H and O–H groups in total. The summed E-state index contributed by atoms with van der Waals surface area (Å²) in [5, 5.41) is 0. The zero-order valence-electron chi connectivity index (χ0n) is 11.6. The van der Waals surface area contributed by atoms with Crippen LogP contribution in [0.5, 0.6) is 5.75 Å². The van der Waals surface area contributed by atoms with Crippen molar-refractivity contribution in [1.29, 1.82) is 0 Å². The highest BCUT2D eigenvalue weighted by Gasteiger charge is 2.14. The number of hydrogen-bond acceptors (Lipinski definition) is 4. The lowest BCUT2D eigenvalue weighted by Gasteiger charge is -2.24. The van der Waals surface area contributed by atoms with Crippen LogP contribution < -0.4 is 15.4 Å². The van der Waals surface area contributed by atoms with Crippen LogP contribution in [0.25, 0.3) is 0 Å². The van der Waals surface area contributed by atoms with E-state index in [1.807, 2.05) is 30.0 Å². The molecule has 0 aliphatic heterocycles. The number of nitrogens with two attached hydrogens (primary N) is 1. The lowest BCUT2D eigenvalue weighted by Crippen LogP contribution is -2.23. The lowest BCUT2D eigenvalue weighted by atomic mass is 10.2. The number of ether oxygens (including phenoxy) is 1. The van der Waals surface area contributed by atoms with Gasteiger partial charge in [0.05, 0.1) is 30.7 Å². The third-order valence-electron chi connectivity index (χ3n) is 3.10. The third kappa shape index (κ3) is 2.99. The summed E-state index contributed by atoms with van der Waals surface area (Å²) >= 11 is 0. The van der Waals surface area contributed by atoms with Crippen LogP contribution in [-0.2, 0) is 6.54 Å². The van der Waals surface area contributed by atoms with E-state index in [4.69, 9.17) is 10.5 Å². The predicted molar refractivity (Wildman–Crippen MR) is 78.3 cm³/mol. The van der Waals surface area contributed by atoms with E-state index in [-0.39, 0.29) is 5.82 Å². The van der Waals surface area contributed by atoms with Crippen LogP contribution in [0.4, 0.5) is 15.8 Å². The normalized spacial score (nSPS) is 10.3. The Balaban J connectivity index is 2.32. The number of methoxy groups -OCH3 is 1. The summed E-state index contributed by atoms with van der Waals surface area (Å²) in [6, 6.07) is 8.59. The van der Waals surface area contributed by atoms with Gasteiger partial charge in [0.1, 0.15) is 11.6 Å². The molecule has 106 valence electrons. The predicted octanol–water partition coefficient (Wildman–Crippen LogP) is 2.84. The summed E-state index contributed by atoms with van der Waals surface area (Å²) in [6.07, 6.45) is 1.73. The second-order valence-corrected chi connectivity index (χ2v) is 4.38. The highest BCUT2D eigenvalue weighted by atomic mass is 19.1. The molecule has 1 heterocycles. The molecule has 0 aliphatic carbocycles. The second-order valence-electron chi connectivity index (χ2n) is 4.38. The standard InChI is InChI=1S/C15H18FN3O/c1-3-19(10-11-6-4-5-7-18-11)14-9-15(20-2)13(17)8-12(14)16/h4-9H,3,10,17H2,1-2H3. The van der Waals surface area contributed by atoms with Crippen molar-refractivity contribution >= 4 is 11.4 Å². The Hall–Kier alpha value is -2.30. The fourth-order valence-electron chi connectivity index (χ4n) is 2.03. The Labute approximate surface area is 118 Å². The van der Waals surface area contributed by atoms with E-state index in [2.05, 4.69) is 4.98 Å². The average Bonchev–Trinajstić information content (AvgIpc) is 2.46. The summed E-state index contributed by atoms with van der Waals surface area (Å²) in [5.41, 5.74) is 7.33. The average molecular weight is 275 g/mol. The van der Waals surface area contributed by atoms with Gasteiger partial charge in [-0.1, -0.05) is 6.07 Å². The topological polar surface area (TPSA) is 51.4 Å². The van der Waals surface area contributed by atoms with Gasteiger partial charge in [-0.3, -0.25) is 4.98 Å². The van der Waals surface area contributed by atoms with Crippen LogP contribution in [0.1, 0.15) is 12.6 Å². The zero-order chi connectivity index (χ0) is 14.5. The van der Waals surface area contributed by atoms with Crippen LogP contribution in [-0.4, -0.2) is 18.6 Å². The fraction of sp³-hybridized carbons (Fsp3) is 0.267. The van der Waals surface area contributed by atoms with Crippen LogP contribution in [0, 0.1) is 5.82 Å². The van der Waals surface area contributed by atoms with Crippen LogP contribution in [0.15, 0.2) is 36.5 Å². The van der Waals surface area contributed by atoms with Crippen molar-refractivity contribution in [1.82, 2.24) is 4.98 Å². The molecular weight excluding hydrogens is 257 g/mol. The first-order valence-corrected chi connectivity index (χ1v) is 6.43. The lowest BCUT2D eigenvalue weighted by molar-refractivity contribution is 0.416. The molecule has 5 heteroatoms. The first-order valence-electron chi connectivity index (χ1n) is 6.43. The number of pyridine rings is 1. The SMILES string of the molecule is CCN(Cc1ccccn1)c1cc(OC)c(N)cc1F. The molecule has 0 unspecified atom stereocenters. The molecule has 2 rings (SSSR count). The first kappa shape index (κ1) is 14.1. The maximum absolute atomic E-state index is 14.1. The molecule has 1 aromatic heterocycles. The van der Waals surface area contributed by atoms with Crippen LogP contribution in [0.3, 0.4) is 0 Å². The van der Waals surface area contributed by atoms with Gasteiger partial charge >= 0.3 is 0 Å². The quantitative estimate of drug-likeness (QED) is 0.852. The molecule has 1 aromatic carbocycles. The molecule has 0 aliphatic rings. The summed E-state index contributed by atoms with van der Waals surface area (Å²) in [5.74, 6) is 0.113. The number of nitrogens with zero attached hydrogens (tertiary/aromatic N) is 2. The Morgan fingerprint density at radius 2 is 2.15 bits per heavy atom. The van der Waals surface area contributed by atoms with Gasteiger partial charge in [0.2, 0.25) is 0 Å². The Bertz CT molecular complexity index is 575. The molecule has 2 aromatic rings. The first-order chi connectivity index (χ1) is 9.65. The number of benzene rings is 1. The molecule has 0 radical (unpaired) electrons. The molecular formula is C15H18FN3O. The van der Waals surface area contributed by atoms with Crippen molar-refractivity contribution in [3.05, 3.63) is 48.0 Å². The number of anilines is 2. The van der Waals surface area contributed by atoms with Crippen molar-refractivity contribution < 1.29 is 9.13 Å². The summed E-state index contributed by atoms with van der Waals surface area (Å²) in [6.45, 7) is 3.15. The minimum Gasteiger partial charge on any atom is -0.495 e. The minimum atomic E-state index is -0.360. The van der Waals surface area contributed by atoms with E-state index in [1.54, 1.807) is 12.3 Å². The van der Waals surface area contributed by atoms with E-state index in [9.17, 15) is 4.39 Å². The Kier molecular flexibility index (Phi) is 4.40. The van der Waals surface area contributed by atoms with Gasteiger partial charge in [-0.15, -0.1) is 0 Å². The van der Waals surface area contributed by atoms with Crippen LogP contribution in [0.2, 0.25) is 0 Å². The van der Waals surface area contributed by atoms with Crippen molar-refractivity contribution in [2.45, 2.75) is 13.5 Å². The third-order valence-corrected chi connectivity index (χ3v) is 3.10.